The molecule has 0 saturated carbocycles. The predicted molar refractivity (Wildman–Crippen MR) is 150 cm³/mol. The van der Waals surface area contributed by atoms with E-state index < -0.39 is 72.7 Å². The Labute approximate surface area is 241 Å². The molecule has 16 nitrogen and oxygen atoms in total. The number of rotatable bonds is 18. The summed E-state index contributed by atoms with van der Waals surface area (Å²) in [6.07, 6.45) is -0.276. The molecule has 0 fully saturated rings. The number of carboxylic acid groups (broad SMARTS) is 2. The minimum atomic E-state index is -1.63. The van der Waals surface area contributed by atoms with E-state index in [1.165, 1.54) is 0 Å². The van der Waals surface area contributed by atoms with Crippen molar-refractivity contribution in [3.05, 3.63) is 35.9 Å². The molecule has 0 aliphatic carbocycles. The van der Waals surface area contributed by atoms with Crippen LogP contribution >= 0.6 is 12.6 Å². The Kier molecular flexibility index (Phi) is 15.3. The Morgan fingerprint density at radius 1 is 0.878 bits per heavy atom. The standard InChI is InChI=1S/C24H36N8O8S/c25-14(7-4-8-28-24(26)27)20(36)29-11-18(33)30-16(10-19(34)35)22(38)31-15(9-13-5-2-1-3-6-13)21(37)32-17(12-41)23(39)40/h1-3,5-6,14-17,41H,4,7-12,25H2,(H,29,36)(H,30,33)(H,31,38)(H,32,37)(H,34,35)(H,39,40)(H4,26,27,28)/t14-,15-,16-,17-/m0/s1. The summed E-state index contributed by atoms with van der Waals surface area (Å²) in [6, 6.07) is 3.17. The monoisotopic (exact) mass is 596 g/mol. The summed E-state index contributed by atoms with van der Waals surface area (Å²) in [4.78, 5) is 73.2. The van der Waals surface area contributed by atoms with Gasteiger partial charge in [-0.3, -0.25) is 29.4 Å². The molecule has 12 N–H and O–H groups in total. The van der Waals surface area contributed by atoms with Crippen LogP contribution in [0.5, 0.6) is 0 Å². The highest BCUT2D eigenvalue weighted by atomic mass is 32.1. The fraction of sp³-hybridized carbons (Fsp3) is 0.458. The van der Waals surface area contributed by atoms with Gasteiger partial charge in [-0.05, 0) is 18.4 Å². The first kappa shape index (κ1) is 34.6. The van der Waals surface area contributed by atoms with Gasteiger partial charge >= 0.3 is 11.9 Å². The van der Waals surface area contributed by atoms with Gasteiger partial charge in [0.15, 0.2) is 5.96 Å². The lowest BCUT2D eigenvalue weighted by Gasteiger charge is -2.24. The first-order valence-electron chi connectivity index (χ1n) is 12.4. The number of aliphatic carboxylic acids is 2. The lowest BCUT2D eigenvalue weighted by molar-refractivity contribution is -0.142. The lowest BCUT2D eigenvalue weighted by Crippen LogP contribution is -2.57. The number of nitrogens with two attached hydrogens (primary N) is 2. The van der Waals surface area contributed by atoms with Crippen molar-refractivity contribution in [2.24, 2.45) is 11.5 Å². The van der Waals surface area contributed by atoms with Gasteiger partial charge in [0.1, 0.15) is 18.1 Å². The Hall–Kier alpha value is -4.38. The third-order valence-electron chi connectivity index (χ3n) is 5.51. The van der Waals surface area contributed by atoms with Crippen LogP contribution in [0.1, 0.15) is 24.8 Å². The van der Waals surface area contributed by atoms with Gasteiger partial charge in [0.05, 0.1) is 19.0 Å². The topological polar surface area (TPSA) is 279 Å². The number of thiol groups is 1. The van der Waals surface area contributed by atoms with Crippen molar-refractivity contribution in [1.29, 1.82) is 5.41 Å². The van der Waals surface area contributed by atoms with Crippen molar-refractivity contribution < 1.29 is 39.0 Å². The van der Waals surface area contributed by atoms with Gasteiger partial charge in [-0.2, -0.15) is 12.6 Å². The fourth-order valence-corrected chi connectivity index (χ4v) is 3.64. The lowest BCUT2D eigenvalue weighted by atomic mass is 10.0. The SMILES string of the molecule is N=C(N)NCCC[C@H](N)C(=O)NCC(=O)N[C@@H](CC(=O)O)C(=O)N[C@@H](Cc1ccccc1)C(=O)N[C@@H](CS)C(=O)O. The zero-order valence-electron chi connectivity index (χ0n) is 22.1. The molecule has 226 valence electrons. The quantitative estimate of drug-likeness (QED) is 0.0349. The Balaban J connectivity index is 2.87. The van der Waals surface area contributed by atoms with Crippen LogP contribution in [0.25, 0.3) is 0 Å². The average Bonchev–Trinajstić information content (AvgIpc) is 2.91. The minimum Gasteiger partial charge on any atom is -0.481 e. The molecule has 0 unspecified atom stereocenters. The Bertz CT molecular complexity index is 1090. The second-order valence-electron chi connectivity index (χ2n) is 8.86. The van der Waals surface area contributed by atoms with Crippen molar-refractivity contribution in [3.63, 3.8) is 0 Å². The van der Waals surface area contributed by atoms with E-state index >= 15 is 0 Å². The molecule has 1 aromatic rings. The van der Waals surface area contributed by atoms with E-state index in [0.29, 0.717) is 18.5 Å². The summed E-state index contributed by atoms with van der Waals surface area (Å²) in [5.41, 5.74) is 11.5. The highest BCUT2D eigenvalue weighted by molar-refractivity contribution is 7.80. The minimum absolute atomic E-state index is 0.0685. The number of carbonyl (C=O) groups is 6. The van der Waals surface area contributed by atoms with Crippen molar-refractivity contribution in [2.45, 2.75) is 49.9 Å². The molecule has 17 heteroatoms. The summed E-state index contributed by atoms with van der Waals surface area (Å²) in [5.74, 6) is -6.66. The maximum atomic E-state index is 13.0. The number of hydrogen-bond donors (Lipinski definition) is 11. The van der Waals surface area contributed by atoms with Gasteiger partial charge in [-0.25, -0.2) is 4.79 Å². The molecule has 0 spiro atoms. The second kappa shape index (κ2) is 18.1. The zero-order chi connectivity index (χ0) is 30.9. The molecular weight excluding hydrogens is 560 g/mol. The molecular formula is C24H36N8O8S. The average molecular weight is 597 g/mol. The van der Waals surface area contributed by atoms with Crippen LogP contribution in [-0.4, -0.2) is 94.7 Å². The molecule has 4 atom stereocenters. The van der Waals surface area contributed by atoms with Gasteiger partial charge in [-0.1, -0.05) is 30.3 Å². The summed E-state index contributed by atoms with van der Waals surface area (Å²) in [5, 5.41) is 37.3. The Morgan fingerprint density at radius 2 is 1.49 bits per heavy atom. The van der Waals surface area contributed by atoms with Gasteiger partial charge in [0, 0.05) is 18.7 Å². The highest BCUT2D eigenvalue weighted by Crippen LogP contribution is 2.06. The van der Waals surface area contributed by atoms with Crippen molar-refractivity contribution >= 4 is 54.2 Å². The molecule has 1 rings (SSSR count). The second-order valence-corrected chi connectivity index (χ2v) is 9.22. The Morgan fingerprint density at radius 3 is 2.05 bits per heavy atom. The van der Waals surface area contributed by atoms with Gasteiger partial charge in [-0.15, -0.1) is 0 Å². The highest BCUT2D eigenvalue weighted by Gasteiger charge is 2.30. The van der Waals surface area contributed by atoms with E-state index in [1.807, 2.05) is 0 Å². The number of hydrogen-bond acceptors (Lipinski definition) is 9. The van der Waals surface area contributed by atoms with Gasteiger partial charge in [0.2, 0.25) is 23.6 Å². The van der Waals surface area contributed by atoms with Gasteiger partial charge < -0.3 is 48.3 Å². The molecule has 0 aliphatic rings. The normalized spacial score (nSPS) is 13.4. The van der Waals surface area contributed by atoms with Crippen LogP contribution in [0.15, 0.2) is 30.3 Å². The summed E-state index contributed by atoms with van der Waals surface area (Å²) >= 11 is 3.90. The van der Waals surface area contributed by atoms with E-state index in [9.17, 15) is 39.0 Å². The summed E-state index contributed by atoms with van der Waals surface area (Å²) in [7, 11) is 0. The fourth-order valence-electron chi connectivity index (χ4n) is 3.39. The maximum absolute atomic E-state index is 13.0. The molecule has 41 heavy (non-hydrogen) atoms. The zero-order valence-corrected chi connectivity index (χ0v) is 23.0. The third kappa shape index (κ3) is 14.0. The molecule has 0 bridgehead atoms. The van der Waals surface area contributed by atoms with Crippen LogP contribution in [-0.2, 0) is 35.2 Å². The van der Waals surface area contributed by atoms with Crippen LogP contribution < -0.4 is 38.1 Å². The molecule has 0 aromatic heterocycles. The van der Waals surface area contributed by atoms with Crippen LogP contribution in [0.3, 0.4) is 0 Å². The van der Waals surface area contributed by atoms with E-state index in [1.54, 1.807) is 30.3 Å². The summed E-state index contributed by atoms with van der Waals surface area (Å²) in [6.45, 7) is -0.296. The molecule has 0 aliphatic heterocycles. The molecule has 0 saturated heterocycles. The molecule has 1 aromatic carbocycles. The smallest absolute Gasteiger partial charge is 0.327 e. The van der Waals surface area contributed by atoms with E-state index in [2.05, 4.69) is 39.2 Å². The largest absolute Gasteiger partial charge is 0.481 e. The number of carbonyl (C=O) groups excluding carboxylic acids is 4. The first-order valence-corrected chi connectivity index (χ1v) is 13.1. The van der Waals surface area contributed by atoms with Gasteiger partial charge in [0.25, 0.3) is 0 Å². The number of amides is 4. The maximum Gasteiger partial charge on any atom is 0.327 e. The van der Waals surface area contributed by atoms with Crippen LogP contribution in [0.2, 0.25) is 0 Å². The number of guanidine groups is 1. The predicted octanol–water partition coefficient (Wildman–Crippen LogP) is -3.12. The molecule has 0 heterocycles. The first-order chi connectivity index (χ1) is 19.3. The van der Waals surface area contributed by atoms with Crippen molar-refractivity contribution in [2.75, 3.05) is 18.8 Å². The molecule has 0 radical (unpaired) electrons. The van der Waals surface area contributed by atoms with E-state index in [4.69, 9.17) is 16.9 Å². The number of carboxylic acids is 2. The van der Waals surface area contributed by atoms with Crippen molar-refractivity contribution in [3.8, 4) is 0 Å². The van der Waals surface area contributed by atoms with E-state index in [0.717, 1.165) is 0 Å². The van der Waals surface area contributed by atoms with Crippen LogP contribution in [0, 0.1) is 5.41 Å². The third-order valence-corrected chi connectivity index (χ3v) is 5.88. The number of benzene rings is 1. The van der Waals surface area contributed by atoms with E-state index in [-0.39, 0.29) is 24.6 Å². The van der Waals surface area contributed by atoms with Crippen LogP contribution in [0.4, 0.5) is 0 Å². The molecule has 4 amide bonds. The number of nitrogens with one attached hydrogen (secondary N) is 6. The summed E-state index contributed by atoms with van der Waals surface area (Å²) < 4.78 is 0. The van der Waals surface area contributed by atoms with Crippen molar-refractivity contribution in [1.82, 2.24) is 26.6 Å².